The largest absolute Gasteiger partial charge is 0.462 e. The molecule has 0 amide bonds. The second-order valence-corrected chi connectivity index (χ2v) is 8.57. The average Bonchev–Trinajstić information content (AvgIpc) is 3.27. The van der Waals surface area contributed by atoms with Crippen LogP contribution in [0.5, 0.6) is 0 Å². The highest BCUT2D eigenvalue weighted by Crippen LogP contribution is 2.44. The molecule has 7 heteroatoms. The fourth-order valence-corrected chi connectivity index (χ4v) is 5.65. The molecule has 150 valence electrons. The van der Waals surface area contributed by atoms with Gasteiger partial charge in [-0.3, -0.25) is 0 Å². The maximum atomic E-state index is 12.4. The summed E-state index contributed by atoms with van der Waals surface area (Å²) in [5.74, 6) is 0.591. The maximum absolute atomic E-state index is 12.4. The normalized spacial score (nSPS) is 21.0. The number of hydrogen-bond acceptors (Lipinski definition) is 7. The van der Waals surface area contributed by atoms with Crippen LogP contribution in [0, 0.1) is 6.92 Å². The number of nitrogens with zero attached hydrogens (tertiary/aromatic N) is 3. The smallest absolute Gasteiger partial charge is 0.348 e. The highest BCUT2D eigenvalue weighted by molar-refractivity contribution is 7.20. The van der Waals surface area contributed by atoms with Gasteiger partial charge in [0.2, 0.25) is 0 Å². The number of morpholine rings is 1. The number of hydrogen-bond donors (Lipinski definition) is 0. The van der Waals surface area contributed by atoms with Crippen LogP contribution in [0.4, 0.5) is 5.82 Å². The van der Waals surface area contributed by atoms with Crippen LogP contribution < -0.4 is 4.90 Å². The summed E-state index contributed by atoms with van der Waals surface area (Å²) in [5.41, 5.74) is 3.27. The predicted octanol–water partition coefficient (Wildman–Crippen LogP) is 3.85. The van der Waals surface area contributed by atoms with E-state index < -0.39 is 0 Å². The molecular weight excluding hydrogens is 386 g/mol. The summed E-state index contributed by atoms with van der Waals surface area (Å²) in [7, 11) is 0. The van der Waals surface area contributed by atoms with Crippen LogP contribution in [0.3, 0.4) is 0 Å². The Balaban J connectivity index is 1.55. The SMILES string of the molecule is CCOC(=O)c1sc2ncnc(N3CCOC4(CCc5ccccc54)C3)c2c1C. The third-order valence-corrected chi connectivity index (χ3v) is 7.14. The highest BCUT2D eigenvalue weighted by atomic mass is 32.1. The summed E-state index contributed by atoms with van der Waals surface area (Å²) in [6.07, 6.45) is 3.61. The number of carbonyl (C=O) groups is 1. The molecule has 0 bridgehead atoms. The van der Waals surface area contributed by atoms with Gasteiger partial charge >= 0.3 is 5.97 Å². The first-order valence-corrected chi connectivity index (χ1v) is 10.8. The molecule has 0 saturated carbocycles. The van der Waals surface area contributed by atoms with Gasteiger partial charge in [-0.25, -0.2) is 14.8 Å². The zero-order valence-corrected chi connectivity index (χ0v) is 17.4. The molecule has 6 nitrogen and oxygen atoms in total. The Morgan fingerprint density at radius 2 is 2.21 bits per heavy atom. The van der Waals surface area contributed by atoms with E-state index in [1.165, 1.54) is 22.5 Å². The molecule has 1 aliphatic heterocycles. The lowest BCUT2D eigenvalue weighted by molar-refractivity contribution is -0.0593. The first-order chi connectivity index (χ1) is 14.1. The lowest BCUT2D eigenvalue weighted by Gasteiger charge is -2.42. The van der Waals surface area contributed by atoms with Gasteiger partial charge in [0.25, 0.3) is 0 Å². The Morgan fingerprint density at radius 3 is 3.07 bits per heavy atom. The van der Waals surface area contributed by atoms with Crippen molar-refractivity contribution in [1.29, 1.82) is 0 Å². The zero-order valence-electron chi connectivity index (χ0n) is 16.6. The van der Waals surface area contributed by atoms with Gasteiger partial charge in [0, 0.05) is 6.54 Å². The van der Waals surface area contributed by atoms with Crippen LogP contribution in [0.25, 0.3) is 10.2 Å². The molecule has 29 heavy (non-hydrogen) atoms. The minimum Gasteiger partial charge on any atom is -0.462 e. The number of carbonyl (C=O) groups excluding carboxylic acids is 1. The van der Waals surface area contributed by atoms with Crippen molar-refractivity contribution in [2.75, 3.05) is 31.2 Å². The number of rotatable bonds is 3. The van der Waals surface area contributed by atoms with Crippen molar-refractivity contribution < 1.29 is 14.3 Å². The molecule has 1 fully saturated rings. The van der Waals surface area contributed by atoms with E-state index in [0.29, 0.717) is 18.1 Å². The molecule has 1 spiro atoms. The van der Waals surface area contributed by atoms with E-state index in [-0.39, 0.29) is 11.6 Å². The third kappa shape index (κ3) is 2.91. The monoisotopic (exact) mass is 409 g/mol. The van der Waals surface area contributed by atoms with Crippen molar-refractivity contribution in [2.45, 2.75) is 32.3 Å². The lowest BCUT2D eigenvalue weighted by Crippen LogP contribution is -2.49. The fourth-order valence-electron chi connectivity index (χ4n) is 4.62. The van der Waals surface area contributed by atoms with Crippen molar-refractivity contribution in [3.8, 4) is 0 Å². The first-order valence-electron chi connectivity index (χ1n) is 10.0. The standard InChI is InChI=1S/C22H23N3O3S/c1-3-27-21(26)18-14(2)17-19(23-13-24-20(17)29-18)25-10-11-28-22(12-25)9-8-15-6-4-5-7-16(15)22/h4-7,13H,3,8-12H2,1-2H3. The number of thiophene rings is 1. The van der Waals surface area contributed by atoms with Gasteiger partial charge in [-0.1, -0.05) is 24.3 Å². The summed E-state index contributed by atoms with van der Waals surface area (Å²) >= 11 is 1.38. The van der Waals surface area contributed by atoms with Gasteiger partial charge in [0.15, 0.2) is 0 Å². The van der Waals surface area contributed by atoms with Crippen molar-refractivity contribution in [3.63, 3.8) is 0 Å². The molecule has 3 heterocycles. The molecule has 1 saturated heterocycles. The summed E-state index contributed by atoms with van der Waals surface area (Å²) in [4.78, 5) is 25.2. The summed E-state index contributed by atoms with van der Waals surface area (Å²) in [6, 6.07) is 8.57. The molecule has 5 rings (SSSR count). The quantitative estimate of drug-likeness (QED) is 0.612. The molecule has 2 aromatic heterocycles. The van der Waals surface area contributed by atoms with Crippen LogP contribution in [0.15, 0.2) is 30.6 Å². The van der Waals surface area contributed by atoms with Crippen molar-refractivity contribution in [2.24, 2.45) is 0 Å². The topological polar surface area (TPSA) is 64.5 Å². The number of fused-ring (bicyclic) bond motifs is 3. The van der Waals surface area contributed by atoms with Crippen molar-refractivity contribution in [1.82, 2.24) is 9.97 Å². The fraction of sp³-hybridized carbons (Fsp3) is 0.409. The van der Waals surface area contributed by atoms with Gasteiger partial charge < -0.3 is 14.4 Å². The second kappa shape index (κ2) is 7.07. The molecule has 0 N–H and O–H groups in total. The Labute approximate surface area is 173 Å². The molecule has 0 radical (unpaired) electrons. The van der Waals surface area contributed by atoms with Crippen LogP contribution in [0.2, 0.25) is 0 Å². The first kappa shape index (κ1) is 18.5. The molecule has 1 atom stereocenters. The van der Waals surface area contributed by atoms with E-state index in [1.54, 1.807) is 6.33 Å². The maximum Gasteiger partial charge on any atom is 0.348 e. The Morgan fingerprint density at radius 1 is 1.34 bits per heavy atom. The number of ether oxygens (including phenoxy) is 2. The second-order valence-electron chi connectivity index (χ2n) is 7.58. The predicted molar refractivity (Wildman–Crippen MR) is 113 cm³/mol. The van der Waals surface area contributed by atoms with Gasteiger partial charge in [0.1, 0.15) is 27.5 Å². The Hall–Kier alpha value is -2.51. The van der Waals surface area contributed by atoms with Crippen molar-refractivity contribution in [3.05, 3.63) is 52.2 Å². The minimum absolute atomic E-state index is 0.290. The molecule has 2 aliphatic rings. The summed E-state index contributed by atoms with van der Waals surface area (Å²) in [6.45, 7) is 6.29. The Bertz CT molecular complexity index is 1090. The summed E-state index contributed by atoms with van der Waals surface area (Å²) in [5, 5.41) is 0.948. The molecule has 1 unspecified atom stereocenters. The van der Waals surface area contributed by atoms with E-state index in [1.807, 2.05) is 13.8 Å². The molecule has 3 aromatic rings. The van der Waals surface area contributed by atoms with E-state index in [0.717, 1.165) is 47.5 Å². The molecular formula is C22H23N3O3S. The van der Waals surface area contributed by atoms with E-state index in [4.69, 9.17) is 9.47 Å². The molecule has 1 aromatic carbocycles. The number of aryl methyl sites for hydroxylation is 2. The third-order valence-electron chi connectivity index (χ3n) is 5.96. The van der Waals surface area contributed by atoms with E-state index in [2.05, 4.69) is 39.1 Å². The van der Waals surface area contributed by atoms with Crippen molar-refractivity contribution >= 4 is 33.3 Å². The number of anilines is 1. The lowest BCUT2D eigenvalue weighted by atomic mass is 9.93. The highest BCUT2D eigenvalue weighted by Gasteiger charge is 2.44. The Kier molecular flexibility index (Phi) is 4.52. The number of esters is 1. The van der Waals surface area contributed by atoms with Gasteiger partial charge in [-0.2, -0.15) is 0 Å². The van der Waals surface area contributed by atoms with Gasteiger partial charge in [-0.15, -0.1) is 11.3 Å². The van der Waals surface area contributed by atoms with E-state index in [9.17, 15) is 4.79 Å². The van der Waals surface area contributed by atoms with Gasteiger partial charge in [0.05, 0.1) is 25.1 Å². The van der Waals surface area contributed by atoms with Crippen LogP contribution >= 0.6 is 11.3 Å². The van der Waals surface area contributed by atoms with Crippen LogP contribution in [0.1, 0.15) is 39.7 Å². The van der Waals surface area contributed by atoms with Crippen LogP contribution in [-0.4, -0.2) is 42.2 Å². The minimum atomic E-state index is -0.292. The molecule has 1 aliphatic carbocycles. The zero-order chi connectivity index (χ0) is 20.0. The number of aromatic nitrogens is 2. The average molecular weight is 410 g/mol. The van der Waals surface area contributed by atoms with Gasteiger partial charge in [-0.05, 0) is 43.4 Å². The van der Waals surface area contributed by atoms with E-state index >= 15 is 0 Å². The summed E-state index contributed by atoms with van der Waals surface area (Å²) < 4.78 is 11.6. The number of benzene rings is 1. The van der Waals surface area contributed by atoms with Crippen LogP contribution in [-0.2, 0) is 21.5 Å².